The molecule has 2 amide bonds. The van der Waals surface area contributed by atoms with E-state index in [1.807, 2.05) is 46.2 Å². The maximum atomic E-state index is 13.6. The Kier molecular flexibility index (Phi) is 11.3. The number of halogens is 3. The van der Waals surface area contributed by atoms with Crippen molar-refractivity contribution < 1.29 is 18.4 Å². The minimum atomic E-state index is -1.80. The number of nitrogens with zero attached hydrogens (tertiary/aromatic N) is 3. The van der Waals surface area contributed by atoms with Gasteiger partial charge in [0.2, 0.25) is 5.91 Å². The molecule has 1 saturated carbocycles. The fourth-order valence-corrected chi connectivity index (χ4v) is 8.94. The Balaban J connectivity index is 1.16. The molecule has 0 radical (unpaired) electrons. The molecule has 2 saturated heterocycles. The van der Waals surface area contributed by atoms with Gasteiger partial charge < -0.3 is 14.2 Å². The van der Waals surface area contributed by atoms with Crippen molar-refractivity contribution in [2.45, 2.75) is 89.6 Å². The summed E-state index contributed by atoms with van der Waals surface area (Å²) >= 11 is 13.6. The molecule has 6 nitrogen and oxygen atoms in total. The van der Waals surface area contributed by atoms with E-state index in [0.29, 0.717) is 60.9 Å². The first kappa shape index (κ1) is 35.3. The lowest BCUT2D eigenvalue weighted by molar-refractivity contribution is -0.133. The Bertz CT molecular complexity index is 1360. The number of piperazine rings is 1. The van der Waals surface area contributed by atoms with Gasteiger partial charge in [-0.1, -0.05) is 56.1 Å². The molecule has 0 aromatic heterocycles. The smallest absolute Gasteiger partial charge is 0.253 e. The highest BCUT2D eigenvalue weighted by atomic mass is 35.5. The average Bonchev–Trinajstić information content (AvgIpc) is 3.38. The summed E-state index contributed by atoms with van der Waals surface area (Å²) in [6, 6.07) is 11.6. The number of hydrogen-bond acceptors (Lipinski definition) is 4. The molecular weight excluding hydrogens is 640 g/mol. The highest BCUT2D eigenvalue weighted by molar-refractivity contribution is 6.74. The van der Waals surface area contributed by atoms with Crippen LogP contribution in [0.5, 0.6) is 0 Å². The predicted molar refractivity (Wildman–Crippen MR) is 188 cm³/mol. The molecule has 0 spiro atoms. The zero-order valence-corrected chi connectivity index (χ0v) is 30.6. The molecule has 2 aromatic carbocycles. The minimum Gasteiger partial charge on any atom is -0.414 e. The van der Waals surface area contributed by atoms with Gasteiger partial charge in [0.15, 0.2) is 8.32 Å². The molecule has 2 aliphatic heterocycles. The van der Waals surface area contributed by atoms with Crippen molar-refractivity contribution in [3.63, 3.8) is 0 Å². The van der Waals surface area contributed by atoms with E-state index in [1.165, 1.54) is 0 Å². The fourth-order valence-electron chi connectivity index (χ4n) is 6.88. The van der Waals surface area contributed by atoms with Crippen LogP contribution in [-0.4, -0.2) is 92.9 Å². The van der Waals surface area contributed by atoms with Gasteiger partial charge in [0.05, 0.1) is 0 Å². The molecule has 1 aliphatic carbocycles. The summed E-state index contributed by atoms with van der Waals surface area (Å²) < 4.78 is 19.3. The van der Waals surface area contributed by atoms with E-state index >= 15 is 0 Å². The van der Waals surface area contributed by atoms with Crippen molar-refractivity contribution in [1.82, 2.24) is 14.7 Å². The van der Waals surface area contributed by atoms with Crippen molar-refractivity contribution >= 4 is 43.3 Å². The molecular formula is C36H50Cl2FN3O3Si. The van der Waals surface area contributed by atoms with Crippen molar-refractivity contribution in [3.8, 4) is 11.1 Å². The first-order valence-electron chi connectivity index (χ1n) is 16.9. The maximum Gasteiger partial charge on any atom is 0.253 e. The first-order valence-corrected chi connectivity index (χ1v) is 20.6. The Morgan fingerprint density at radius 2 is 1.52 bits per heavy atom. The number of amides is 2. The normalized spacial score (nSPS) is 23.3. The van der Waals surface area contributed by atoms with E-state index in [1.54, 1.807) is 0 Å². The number of benzene rings is 2. The van der Waals surface area contributed by atoms with Gasteiger partial charge in [-0.15, -0.1) is 0 Å². The maximum absolute atomic E-state index is 13.6. The zero-order chi connectivity index (χ0) is 33.2. The number of hydrogen-bond donors (Lipinski definition) is 0. The number of rotatable bonds is 9. The lowest BCUT2D eigenvalue weighted by atomic mass is 9.92. The molecule has 0 bridgehead atoms. The largest absolute Gasteiger partial charge is 0.414 e. The second-order valence-electron chi connectivity index (χ2n) is 14.8. The fraction of sp³-hybridized carbons (Fsp3) is 0.611. The lowest BCUT2D eigenvalue weighted by Gasteiger charge is -2.42. The van der Waals surface area contributed by atoms with Crippen molar-refractivity contribution in [2.75, 3.05) is 45.9 Å². The summed E-state index contributed by atoms with van der Waals surface area (Å²) in [5.41, 5.74) is 3.22. The highest BCUT2D eigenvalue weighted by Gasteiger charge is 2.42. The van der Waals surface area contributed by atoms with Crippen LogP contribution in [0.25, 0.3) is 11.1 Å². The zero-order valence-electron chi connectivity index (χ0n) is 28.1. The van der Waals surface area contributed by atoms with Crippen LogP contribution in [0.3, 0.4) is 0 Å². The summed E-state index contributed by atoms with van der Waals surface area (Å²) in [6.07, 6.45) is 5.66. The number of alkyl halides is 1. The third-order valence-corrected chi connectivity index (χ3v) is 16.0. The van der Waals surface area contributed by atoms with Crippen LogP contribution in [0.4, 0.5) is 4.39 Å². The number of likely N-dealkylation sites (tertiary alicyclic amines) is 1. The first-order chi connectivity index (χ1) is 21.8. The van der Waals surface area contributed by atoms with Crippen LogP contribution in [0.1, 0.15) is 68.8 Å². The summed E-state index contributed by atoms with van der Waals surface area (Å²) in [7, 11) is -1.80. The van der Waals surface area contributed by atoms with E-state index in [4.69, 9.17) is 27.6 Å². The third-order valence-electron chi connectivity index (χ3n) is 10.8. The Morgan fingerprint density at radius 1 is 0.913 bits per heavy atom. The van der Waals surface area contributed by atoms with Crippen molar-refractivity contribution in [1.29, 1.82) is 0 Å². The van der Waals surface area contributed by atoms with Crippen molar-refractivity contribution in [2.24, 2.45) is 5.92 Å². The Hall–Kier alpha value is -1.97. The summed E-state index contributed by atoms with van der Waals surface area (Å²) in [5, 5.41) is 1.32. The van der Waals surface area contributed by atoms with E-state index < -0.39 is 8.32 Å². The SMILES string of the molecule is CC(C)(C)[Si](C)(C)OC1CCC(N2CC[C@@H](Cc3c(Cl)cc(-c4ccc(C(=O)N5CCN(CCF)CC5)cc4)cc3Cl)C2=O)CC1. The molecule has 46 heavy (non-hydrogen) atoms. The van der Waals surface area contributed by atoms with Gasteiger partial charge in [0.1, 0.15) is 6.67 Å². The van der Waals surface area contributed by atoms with Gasteiger partial charge in [-0.05, 0) is 97.6 Å². The van der Waals surface area contributed by atoms with Crippen LogP contribution >= 0.6 is 23.2 Å². The van der Waals surface area contributed by atoms with E-state index in [-0.39, 0.29) is 35.5 Å². The molecule has 252 valence electrons. The van der Waals surface area contributed by atoms with E-state index in [9.17, 15) is 14.0 Å². The van der Waals surface area contributed by atoms with Crippen LogP contribution in [-0.2, 0) is 15.6 Å². The van der Waals surface area contributed by atoms with Gasteiger partial charge in [-0.25, -0.2) is 4.39 Å². The van der Waals surface area contributed by atoms with E-state index in [2.05, 4.69) is 38.8 Å². The predicted octanol–water partition coefficient (Wildman–Crippen LogP) is 8.11. The average molecular weight is 691 g/mol. The van der Waals surface area contributed by atoms with Gasteiger partial charge in [0.25, 0.3) is 5.91 Å². The van der Waals surface area contributed by atoms with Crippen LogP contribution in [0, 0.1) is 5.92 Å². The Labute approximate surface area is 285 Å². The molecule has 3 fully saturated rings. The van der Waals surface area contributed by atoms with Crippen LogP contribution < -0.4 is 0 Å². The molecule has 1 atom stereocenters. The van der Waals surface area contributed by atoms with Gasteiger partial charge >= 0.3 is 0 Å². The molecule has 2 heterocycles. The molecule has 5 rings (SSSR count). The molecule has 10 heteroatoms. The topological polar surface area (TPSA) is 53.1 Å². The monoisotopic (exact) mass is 689 g/mol. The number of carbonyl (C=O) groups is 2. The lowest BCUT2D eigenvalue weighted by Crippen LogP contribution is -2.49. The summed E-state index contributed by atoms with van der Waals surface area (Å²) in [4.78, 5) is 32.6. The second-order valence-corrected chi connectivity index (χ2v) is 20.4. The minimum absolute atomic E-state index is 0.0133. The molecule has 0 N–H and O–H groups in total. The highest BCUT2D eigenvalue weighted by Crippen LogP contribution is 2.41. The Morgan fingerprint density at radius 3 is 2.09 bits per heavy atom. The quantitative estimate of drug-likeness (QED) is 0.250. The molecule has 2 aromatic rings. The van der Waals surface area contributed by atoms with Gasteiger partial charge in [0, 0.05) is 72.9 Å². The van der Waals surface area contributed by atoms with Crippen LogP contribution in [0.2, 0.25) is 28.2 Å². The van der Waals surface area contributed by atoms with Gasteiger partial charge in [-0.2, -0.15) is 0 Å². The summed E-state index contributed by atoms with van der Waals surface area (Å²) in [5.74, 6) is 0.0842. The standard InChI is InChI=1S/C36H50Cl2FN3O3Si/c1-36(2,3)46(4,5)45-30-12-10-29(11-13-30)42-16-14-27(35(42)44)22-31-32(37)23-28(24-33(31)38)25-6-8-26(9-7-25)34(43)41-20-18-40(17-15-39)19-21-41/h6-9,23-24,27,29-30H,10-22H2,1-5H3/t27-,29?,30?/m0/s1. The van der Waals surface area contributed by atoms with Gasteiger partial charge in [-0.3, -0.25) is 14.5 Å². The number of carbonyl (C=O) groups excluding carboxylic acids is 2. The summed E-state index contributed by atoms with van der Waals surface area (Å²) in [6.45, 7) is 14.9. The third kappa shape index (κ3) is 8.00. The van der Waals surface area contributed by atoms with Crippen LogP contribution in [0.15, 0.2) is 36.4 Å². The second kappa shape index (κ2) is 14.6. The molecule has 0 unspecified atom stereocenters. The van der Waals surface area contributed by atoms with Crippen molar-refractivity contribution in [3.05, 3.63) is 57.6 Å². The van der Waals surface area contributed by atoms with E-state index in [0.717, 1.165) is 55.3 Å². The molecule has 3 aliphatic rings.